The molecule has 110 valence electrons. The van der Waals surface area contributed by atoms with Crippen molar-refractivity contribution in [3.05, 3.63) is 59.7 Å². The van der Waals surface area contributed by atoms with Gasteiger partial charge in [-0.1, -0.05) is 12.1 Å². The van der Waals surface area contributed by atoms with Crippen LogP contribution in [0.25, 0.3) is 0 Å². The molecule has 0 fully saturated rings. The molecule has 0 aliphatic heterocycles. The number of anilines is 1. The number of benzene rings is 2. The third kappa shape index (κ3) is 3.47. The lowest BCUT2D eigenvalue weighted by atomic mass is 10.0. The van der Waals surface area contributed by atoms with Crippen LogP contribution in [0, 0.1) is 11.6 Å². The number of halogens is 2. The summed E-state index contributed by atoms with van der Waals surface area (Å²) in [6, 6.07) is 8.60. The number of carbonyl (C=O) groups excluding carboxylic acids is 1. The minimum atomic E-state index is -1.11. The van der Waals surface area contributed by atoms with Crippen LogP contribution in [0.3, 0.4) is 0 Å². The average molecular weight is 292 g/mol. The largest absolute Gasteiger partial charge is 0.497 e. The number of hydrogen-bond donors (Lipinski definition) is 2. The Morgan fingerprint density at radius 2 is 2.00 bits per heavy atom. The Hall–Kier alpha value is -2.63. The van der Waals surface area contributed by atoms with E-state index < -0.39 is 23.6 Å². The first kappa shape index (κ1) is 14.8. The fraction of sp³-hybridized carbons (Fsp3) is 0.133. The van der Waals surface area contributed by atoms with E-state index in [4.69, 9.17) is 10.5 Å². The van der Waals surface area contributed by atoms with Gasteiger partial charge in [0, 0.05) is 23.4 Å². The van der Waals surface area contributed by atoms with Crippen LogP contribution in [0.2, 0.25) is 0 Å². The maximum absolute atomic E-state index is 13.8. The Balaban J connectivity index is 2.33. The summed E-state index contributed by atoms with van der Waals surface area (Å²) < 4.78 is 31.8. The van der Waals surface area contributed by atoms with Gasteiger partial charge in [0.2, 0.25) is 5.91 Å². The van der Waals surface area contributed by atoms with Crippen LogP contribution in [0.1, 0.15) is 11.6 Å². The Labute approximate surface area is 120 Å². The number of methoxy groups -OCH3 is 1. The molecule has 0 aromatic heterocycles. The molecule has 2 aromatic carbocycles. The molecule has 1 unspecified atom stereocenters. The summed E-state index contributed by atoms with van der Waals surface area (Å²) in [5, 5.41) is 2.81. The quantitative estimate of drug-likeness (QED) is 0.890. The molecule has 0 bridgehead atoms. The summed E-state index contributed by atoms with van der Waals surface area (Å²) in [6.45, 7) is 0. The predicted molar refractivity (Wildman–Crippen MR) is 74.9 cm³/mol. The van der Waals surface area contributed by atoms with E-state index in [1.54, 1.807) is 24.3 Å². The second-order valence-electron chi connectivity index (χ2n) is 4.38. The minimum Gasteiger partial charge on any atom is -0.497 e. The molecule has 2 rings (SSSR count). The average Bonchev–Trinajstić information content (AvgIpc) is 2.45. The molecule has 0 radical (unpaired) electrons. The van der Waals surface area contributed by atoms with Gasteiger partial charge in [-0.3, -0.25) is 4.79 Å². The lowest BCUT2D eigenvalue weighted by Gasteiger charge is -2.18. The number of ether oxygens (including phenoxy) is 1. The van der Waals surface area contributed by atoms with E-state index in [2.05, 4.69) is 5.32 Å². The van der Waals surface area contributed by atoms with Crippen molar-refractivity contribution in [1.29, 1.82) is 0 Å². The van der Waals surface area contributed by atoms with E-state index in [1.807, 2.05) is 0 Å². The summed E-state index contributed by atoms with van der Waals surface area (Å²) >= 11 is 0. The Morgan fingerprint density at radius 1 is 1.24 bits per heavy atom. The van der Waals surface area contributed by atoms with E-state index in [1.165, 1.54) is 13.2 Å². The molecular weight excluding hydrogens is 278 g/mol. The fourth-order valence-electron chi connectivity index (χ4n) is 1.92. The first-order valence-electron chi connectivity index (χ1n) is 6.16. The number of amides is 1. The van der Waals surface area contributed by atoms with Gasteiger partial charge < -0.3 is 15.8 Å². The molecule has 0 aliphatic carbocycles. The van der Waals surface area contributed by atoms with Gasteiger partial charge in [-0.15, -0.1) is 0 Å². The van der Waals surface area contributed by atoms with Gasteiger partial charge in [0.15, 0.2) is 0 Å². The molecule has 4 nitrogen and oxygen atoms in total. The van der Waals surface area contributed by atoms with Crippen molar-refractivity contribution < 1.29 is 18.3 Å². The van der Waals surface area contributed by atoms with Crippen LogP contribution < -0.4 is 15.8 Å². The Bertz CT molecular complexity index is 662. The van der Waals surface area contributed by atoms with Gasteiger partial charge in [-0.25, -0.2) is 8.78 Å². The lowest BCUT2D eigenvalue weighted by Crippen LogP contribution is -2.28. The molecule has 2 aromatic rings. The van der Waals surface area contributed by atoms with Gasteiger partial charge in [0.25, 0.3) is 0 Å². The monoisotopic (exact) mass is 292 g/mol. The van der Waals surface area contributed by atoms with Crippen molar-refractivity contribution in [1.82, 2.24) is 0 Å². The highest BCUT2D eigenvalue weighted by molar-refractivity contribution is 5.84. The number of hydrogen-bond acceptors (Lipinski definition) is 3. The number of nitrogens with one attached hydrogen (secondary N) is 1. The zero-order chi connectivity index (χ0) is 15.4. The summed E-state index contributed by atoms with van der Waals surface area (Å²) in [5.41, 5.74) is 5.81. The summed E-state index contributed by atoms with van der Waals surface area (Å²) in [5.74, 6) is -1.76. The Kier molecular flexibility index (Phi) is 4.37. The van der Waals surface area contributed by atoms with Gasteiger partial charge in [-0.05, 0) is 18.2 Å². The van der Waals surface area contributed by atoms with Crippen molar-refractivity contribution in [2.24, 2.45) is 5.73 Å². The zero-order valence-electron chi connectivity index (χ0n) is 11.3. The van der Waals surface area contributed by atoms with Crippen molar-refractivity contribution in [2.75, 3.05) is 12.4 Å². The third-order valence-electron chi connectivity index (χ3n) is 2.94. The lowest BCUT2D eigenvalue weighted by molar-refractivity contribution is -0.118. The van der Waals surface area contributed by atoms with Gasteiger partial charge >= 0.3 is 0 Å². The molecule has 0 saturated heterocycles. The molecule has 1 atom stereocenters. The first-order valence-corrected chi connectivity index (χ1v) is 6.16. The number of primary amides is 1. The molecule has 0 aliphatic rings. The molecule has 3 N–H and O–H groups in total. The topological polar surface area (TPSA) is 64.3 Å². The highest BCUT2D eigenvalue weighted by Gasteiger charge is 2.21. The molecule has 0 heterocycles. The van der Waals surface area contributed by atoms with E-state index in [0.717, 1.165) is 6.07 Å². The molecule has 0 saturated carbocycles. The van der Waals surface area contributed by atoms with E-state index >= 15 is 0 Å². The third-order valence-corrected chi connectivity index (χ3v) is 2.94. The van der Waals surface area contributed by atoms with Gasteiger partial charge in [0.1, 0.15) is 23.4 Å². The summed E-state index contributed by atoms with van der Waals surface area (Å²) in [4.78, 5) is 11.6. The van der Waals surface area contributed by atoms with Crippen molar-refractivity contribution >= 4 is 11.6 Å². The molecule has 1 amide bonds. The van der Waals surface area contributed by atoms with E-state index in [9.17, 15) is 13.6 Å². The highest BCUT2D eigenvalue weighted by Crippen LogP contribution is 2.25. The van der Waals surface area contributed by atoms with Crippen LogP contribution in [0.15, 0.2) is 42.5 Å². The number of nitrogens with two attached hydrogens (primary N) is 1. The van der Waals surface area contributed by atoms with Crippen molar-refractivity contribution in [3.8, 4) is 5.75 Å². The fourth-order valence-corrected chi connectivity index (χ4v) is 1.92. The first-order chi connectivity index (χ1) is 10.0. The van der Waals surface area contributed by atoms with Crippen LogP contribution in [0.4, 0.5) is 14.5 Å². The van der Waals surface area contributed by atoms with E-state index in [0.29, 0.717) is 17.5 Å². The van der Waals surface area contributed by atoms with Crippen LogP contribution in [-0.4, -0.2) is 13.0 Å². The van der Waals surface area contributed by atoms with Crippen LogP contribution >= 0.6 is 0 Å². The molecule has 21 heavy (non-hydrogen) atoms. The maximum Gasteiger partial charge on any atom is 0.244 e. The second-order valence-corrected chi connectivity index (χ2v) is 4.38. The van der Waals surface area contributed by atoms with Crippen LogP contribution in [0.5, 0.6) is 5.75 Å². The maximum atomic E-state index is 13.8. The standard InChI is InChI=1S/C15H14F2N2O2/c1-21-11-4-2-3-10(8-11)19-14(15(18)20)12-6-5-9(16)7-13(12)17/h2-8,14,19H,1H3,(H2,18,20). The SMILES string of the molecule is COc1cccc(NC(C(N)=O)c2ccc(F)cc2F)c1. The predicted octanol–water partition coefficient (Wildman–Crippen LogP) is 2.61. The van der Waals surface area contributed by atoms with Crippen LogP contribution in [-0.2, 0) is 4.79 Å². The highest BCUT2D eigenvalue weighted by atomic mass is 19.1. The normalized spacial score (nSPS) is 11.8. The van der Waals surface area contributed by atoms with E-state index in [-0.39, 0.29) is 5.56 Å². The number of carbonyl (C=O) groups is 1. The second kappa shape index (κ2) is 6.21. The smallest absolute Gasteiger partial charge is 0.244 e. The summed E-state index contributed by atoms with van der Waals surface area (Å²) in [6.07, 6.45) is 0. The van der Waals surface area contributed by atoms with Gasteiger partial charge in [-0.2, -0.15) is 0 Å². The minimum absolute atomic E-state index is 0.0216. The Morgan fingerprint density at radius 3 is 2.62 bits per heavy atom. The van der Waals surface area contributed by atoms with Crippen molar-refractivity contribution in [2.45, 2.75) is 6.04 Å². The molecule has 6 heteroatoms. The van der Waals surface area contributed by atoms with Crippen molar-refractivity contribution in [3.63, 3.8) is 0 Å². The summed E-state index contributed by atoms with van der Waals surface area (Å²) in [7, 11) is 1.50. The number of rotatable bonds is 5. The molecule has 0 spiro atoms. The van der Waals surface area contributed by atoms with Gasteiger partial charge in [0.05, 0.1) is 7.11 Å². The zero-order valence-corrected chi connectivity index (χ0v) is 11.3. The molecular formula is C15H14F2N2O2.